The first-order chi connectivity index (χ1) is 7.54. The maximum atomic E-state index is 11.4. The molecular formula is C11H21NO5. The molecule has 1 unspecified atom stereocenters. The number of carboxylic acids is 1. The Kier molecular flexibility index (Phi) is 5.41. The van der Waals surface area contributed by atoms with Gasteiger partial charge in [0.1, 0.15) is 5.60 Å². The number of aliphatic hydroxyl groups is 1. The standard InChI is InChI=1S/C11H21NO5/c1-6(2)8(13)7(9(14)15)12-10(16)17-11(3,4)5/h6-8,13H,1-5H3,(H,12,16)(H,14,15)/t7?,8-/m1/s1. The molecule has 0 aromatic rings. The second kappa shape index (κ2) is 5.86. The molecule has 0 radical (unpaired) electrons. The van der Waals surface area contributed by atoms with E-state index in [2.05, 4.69) is 5.32 Å². The molecule has 1 amide bonds. The molecule has 0 heterocycles. The maximum Gasteiger partial charge on any atom is 0.408 e. The Balaban J connectivity index is 4.57. The third kappa shape index (κ3) is 6.11. The summed E-state index contributed by atoms with van der Waals surface area (Å²) in [7, 11) is 0. The van der Waals surface area contributed by atoms with Crippen LogP contribution in [0.4, 0.5) is 4.79 Å². The van der Waals surface area contributed by atoms with E-state index in [1.807, 2.05) is 0 Å². The number of aliphatic carboxylic acids is 1. The number of aliphatic hydroxyl groups excluding tert-OH is 1. The van der Waals surface area contributed by atoms with Crippen LogP contribution in [0.25, 0.3) is 0 Å². The fraction of sp³-hybridized carbons (Fsp3) is 0.818. The van der Waals surface area contributed by atoms with Crippen molar-refractivity contribution in [3.05, 3.63) is 0 Å². The summed E-state index contributed by atoms with van der Waals surface area (Å²) < 4.78 is 4.92. The summed E-state index contributed by atoms with van der Waals surface area (Å²) >= 11 is 0. The number of hydrogen-bond donors (Lipinski definition) is 3. The maximum absolute atomic E-state index is 11.4. The second-order valence-electron chi connectivity index (χ2n) is 5.20. The van der Waals surface area contributed by atoms with Gasteiger partial charge in [-0.2, -0.15) is 0 Å². The largest absolute Gasteiger partial charge is 0.480 e. The van der Waals surface area contributed by atoms with E-state index in [0.29, 0.717) is 0 Å². The molecule has 3 N–H and O–H groups in total. The zero-order valence-electron chi connectivity index (χ0n) is 10.9. The van der Waals surface area contributed by atoms with Gasteiger partial charge in [0.25, 0.3) is 0 Å². The first kappa shape index (κ1) is 15.7. The highest BCUT2D eigenvalue weighted by Gasteiger charge is 2.31. The van der Waals surface area contributed by atoms with Crippen LogP contribution in [-0.2, 0) is 9.53 Å². The van der Waals surface area contributed by atoms with E-state index in [1.165, 1.54) is 0 Å². The molecule has 0 aliphatic carbocycles. The van der Waals surface area contributed by atoms with Crippen LogP contribution in [0.2, 0.25) is 0 Å². The van der Waals surface area contributed by atoms with E-state index < -0.39 is 29.8 Å². The van der Waals surface area contributed by atoms with Crippen molar-refractivity contribution in [2.24, 2.45) is 5.92 Å². The van der Waals surface area contributed by atoms with Crippen molar-refractivity contribution in [2.75, 3.05) is 0 Å². The zero-order valence-corrected chi connectivity index (χ0v) is 10.9. The van der Waals surface area contributed by atoms with Crippen molar-refractivity contribution < 1.29 is 24.5 Å². The van der Waals surface area contributed by atoms with Crippen molar-refractivity contribution in [1.82, 2.24) is 5.32 Å². The lowest BCUT2D eigenvalue weighted by molar-refractivity contribution is -0.143. The molecule has 100 valence electrons. The molecule has 0 bridgehead atoms. The summed E-state index contributed by atoms with van der Waals surface area (Å²) in [6.07, 6.45) is -2.02. The number of nitrogens with one attached hydrogen (secondary N) is 1. The van der Waals surface area contributed by atoms with Gasteiger partial charge in [-0.05, 0) is 26.7 Å². The van der Waals surface area contributed by atoms with Crippen molar-refractivity contribution in [1.29, 1.82) is 0 Å². The molecule has 0 rings (SSSR count). The molecule has 0 aromatic carbocycles. The third-order valence-corrected chi connectivity index (χ3v) is 1.96. The number of hydrogen-bond acceptors (Lipinski definition) is 4. The van der Waals surface area contributed by atoms with Gasteiger partial charge >= 0.3 is 12.1 Å². The summed E-state index contributed by atoms with van der Waals surface area (Å²) in [5, 5.41) is 20.7. The fourth-order valence-corrected chi connectivity index (χ4v) is 1.11. The van der Waals surface area contributed by atoms with Crippen LogP contribution in [0.5, 0.6) is 0 Å². The summed E-state index contributed by atoms with van der Waals surface area (Å²) in [6, 6.07) is -1.37. The average Bonchev–Trinajstić information content (AvgIpc) is 2.09. The number of ether oxygens (including phenoxy) is 1. The third-order valence-electron chi connectivity index (χ3n) is 1.96. The number of rotatable bonds is 4. The van der Waals surface area contributed by atoms with Crippen LogP contribution < -0.4 is 5.32 Å². The molecule has 2 atom stereocenters. The van der Waals surface area contributed by atoms with E-state index in [9.17, 15) is 14.7 Å². The highest BCUT2D eigenvalue weighted by molar-refractivity contribution is 5.80. The Morgan fingerprint density at radius 3 is 2.00 bits per heavy atom. The lowest BCUT2D eigenvalue weighted by Crippen LogP contribution is -2.51. The van der Waals surface area contributed by atoms with Gasteiger partial charge in [0, 0.05) is 0 Å². The first-order valence-electron chi connectivity index (χ1n) is 5.45. The topological polar surface area (TPSA) is 95.9 Å². The highest BCUT2D eigenvalue weighted by atomic mass is 16.6. The smallest absolute Gasteiger partial charge is 0.408 e. The molecule has 0 saturated heterocycles. The summed E-state index contributed by atoms with van der Waals surface area (Å²) in [5.74, 6) is -1.58. The minimum atomic E-state index is -1.37. The Labute approximate surface area is 101 Å². The zero-order chi connectivity index (χ0) is 13.8. The number of carboxylic acid groups (broad SMARTS) is 1. The Morgan fingerprint density at radius 1 is 1.24 bits per heavy atom. The molecule has 0 fully saturated rings. The molecule has 0 spiro atoms. The number of carbonyl (C=O) groups excluding carboxylic acids is 1. The SMILES string of the molecule is CC(C)[C@@H](O)C(NC(=O)OC(C)(C)C)C(=O)O. The lowest BCUT2D eigenvalue weighted by Gasteiger charge is -2.25. The molecular weight excluding hydrogens is 226 g/mol. The van der Waals surface area contributed by atoms with Crippen LogP contribution in [-0.4, -0.2) is 40.0 Å². The molecule has 0 aliphatic heterocycles. The number of carbonyl (C=O) groups is 2. The predicted octanol–water partition coefficient (Wildman–Crippen LogP) is 0.981. The van der Waals surface area contributed by atoms with Crippen LogP contribution in [0.3, 0.4) is 0 Å². The van der Waals surface area contributed by atoms with Gasteiger partial charge in [-0.1, -0.05) is 13.8 Å². The average molecular weight is 247 g/mol. The van der Waals surface area contributed by atoms with Gasteiger partial charge < -0.3 is 20.3 Å². The van der Waals surface area contributed by atoms with E-state index in [1.54, 1.807) is 34.6 Å². The summed E-state index contributed by atoms with van der Waals surface area (Å²) in [6.45, 7) is 8.33. The van der Waals surface area contributed by atoms with Gasteiger partial charge in [0.15, 0.2) is 6.04 Å². The molecule has 6 heteroatoms. The lowest BCUT2D eigenvalue weighted by atomic mass is 10.00. The quantitative estimate of drug-likeness (QED) is 0.688. The van der Waals surface area contributed by atoms with Crippen LogP contribution in [0, 0.1) is 5.92 Å². The second-order valence-corrected chi connectivity index (χ2v) is 5.20. The Hall–Kier alpha value is -1.30. The normalized spacial score (nSPS) is 15.2. The molecule has 0 saturated carbocycles. The Morgan fingerprint density at radius 2 is 1.71 bits per heavy atom. The van der Waals surface area contributed by atoms with Crippen molar-refractivity contribution in [3.63, 3.8) is 0 Å². The molecule has 6 nitrogen and oxygen atoms in total. The highest BCUT2D eigenvalue weighted by Crippen LogP contribution is 2.10. The minimum Gasteiger partial charge on any atom is -0.480 e. The predicted molar refractivity (Wildman–Crippen MR) is 61.6 cm³/mol. The van der Waals surface area contributed by atoms with Gasteiger partial charge in [-0.25, -0.2) is 9.59 Å². The van der Waals surface area contributed by atoms with Gasteiger partial charge in [-0.3, -0.25) is 0 Å². The van der Waals surface area contributed by atoms with Gasteiger partial charge in [0.2, 0.25) is 0 Å². The number of alkyl carbamates (subject to hydrolysis) is 1. The van der Waals surface area contributed by atoms with E-state index >= 15 is 0 Å². The fourth-order valence-electron chi connectivity index (χ4n) is 1.11. The van der Waals surface area contributed by atoms with Crippen molar-refractivity contribution in [2.45, 2.75) is 52.4 Å². The van der Waals surface area contributed by atoms with E-state index in [0.717, 1.165) is 0 Å². The van der Waals surface area contributed by atoms with Crippen molar-refractivity contribution in [3.8, 4) is 0 Å². The van der Waals surface area contributed by atoms with Crippen LogP contribution in [0.1, 0.15) is 34.6 Å². The summed E-state index contributed by atoms with van der Waals surface area (Å²) in [4.78, 5) is 22.3. The minimum absolute atomic E-state index is 0.286. The van der Waals surface area contributed by atoms with E-state index in [-0.39, 0.29) is 5.92 Å². The van der Waals surface area contributed by atoms with Gasteiger partial charge in [-0.15, -0.1) is 0 Å². The van der Waals surface area contributed by atoms with Crippen LogP contribution >= 0.6 is 0 Å². The van der Waals surface area contributed by atoms with Crippen molar-refractivity contribution >= 4 is 12.1 Å². The first-order valence-corrected chi connectivity index (χ1v) is 5.45. The molecule has 0 aromatic heterocycles. The number of amides is 1. The monoisotopic (exact) mass is 247 g/mol. The van der Waals surface area contributed by atoms with E-state index in [4.69, 9.17) is 9.84 Å². The molecule has 0 aliphatic rings. The Bertz CT molecular complexity index is 282. The van der Waals surface area contributed by atoms with Crippen LogP contribution in [0.15, 0.2) is 0 Å². The van der Waals surface area contributed by atoms with Gasteiger partial charge in [0.05, 0.1) is 6.10 Å². The summed E-state index contributed by atoms with van der Waals surface area (Å²) in [5.41, 5.74) is -0.712. The molecule has 17 heavy (non-hydrogen) atoms.